The molecule has 122 valence electrons. The summed E-state index contributed by atoms with van der Waals surface area (Å²) >= 11 is 0. The molecule has 0 aliphatic heterocycles. The summed E-state index contributed by atoms with van der Waals surface area (Å²) in [5, 5.41) is 10.4. The topological polar surface area (TPSA) is 78.3 Å². The second-order valence-corrected chi connectivity index (χ2v) is 4.83. The van der Waals surface area contributed by atoms with E-state index >= 15 is 0 Å². The van der Waals surface area contributed by atoms with Crippen molar-refractivity contribution in [3.8, 4) is 11.5 Å². The number of amides is 1. The Morgan fingerprint density at radius 1 is 1.39 bits per heavy atom. The number of aryl methyl sites for hydroxylation is 1. The molecule has 1 heterocycles. The molecule has 0 spiro atoms. The largest absolute Gasteiger partial charge is 0.493 e. The normalized spacial score (nSPS) is 10.7. The van der Waals surface area contributed by atoms with Crippen LogP contribution in [-0.2, 0) is 18.4 Å². The molecular weight excluding hydrogens is 296 g/mol. The summed E-state index contributed by atoms with van der Waals surface area (Å²) in [4.78, 5) is 11.8. The quantitative estimate of drug-likeness (QED) is 0.838. The maximum absolute atomic E-state index is 11.8. The molecule has 23 heavy (non-hydrogen) atoms. The minimum Gasteiger partial charge on any atom is -0.493 e. The first-order chi connectivity index (χ1) is 11.1. The van der Waals surface area contributed by atoms with Crippen LogP contribution >= 0.6 is 0 Å². The zero-order valence-electron chi connectivity index (χ0n) is 13.4. The molecule has 0 fully saturated rings. The Labute approximate surface area is 134 Å². The van der Waals surface area contributed by atoms with Gasteiger partial charge in [0.25, 0.3) is 5.91 Å². The van der Waals surface area contributed by atoms with Crippen LogP contribution in [0.4, 0.5) is 0 Å². The van der Waals surface area contributed by atoms with Crippen LogP contribution in [0.2, 0.25) is 0 Å². The molecule has 1 amide bonds. The smallest absolute Gasteiger partial charge is 0.258 e. The van der Waals surface area contributed by atoms with Crippen LogP contribution in [0.25, 0.3) is 6.08 Å². The molecular formula is C16H20N4O3. The first-order valence-corrected chi connectivity index (χ1v) is 7.17. The summed E-state index contributed by atoms with van der Waals surface area (Å²) in [7, 11) is 3.38. The molecule has 2 rings (SSSR count). The fourth-order valence-corrected chi connectivity index (χ4v) is 1.94. The molecule has 0 radical (unpaired) electrons. The number of nitrogens with zero attached hydrogens (tertiary/aromatic N) is 3. The van der Waals surface area contributed by atoms with Gasteiger partial charge in [-0.25, -0.2) is 0 Å². The van der Waals surface area contributed by atoms with Crippen molar-refractivity contribution in [2.24, 2.45) is 7.05 Å². The highest BCUT2D eigenvalue weighted by molar-refractivity contribution is 5.77. The molecule has 7 heteroatoms. The molecule has 0 unspecified atom stereocenters. The predicted molar refractivity (Wildman–Crippen MR) is 86.0 cm³/mol. The highest BCUT2D eigenvalue weighted by Gasteiger charge is 2.09. The molecule has 7 nitrogen and oxygen atoms in total. The third kappa shape index (κ3) is 4.57. The monoisotopic (exact) mass is 316 g/mol. The minimum atomic E-state index is -0.243. The summed E-state index contributed by atoms with van der Waals surface area (Å²) in [6, 6.07) is 5.53. The third-order valence-electron chi connectivity index (χ3n) is 3.15. The number of carbonyl (C=O) groups is 1. The summed E-state index contributed by atoms with van der Waals surface area (Å²) < 4.78 is 12.5. The van der Waals surface area contributed by atoms with E-state index in [1.54, 1.807) is 24.1 Å². The van der Waals surface area contributed by atoms with Crippen molar-refractivity contribution in [1.82, 2.24) is 20.1 Å². The SMILES string of the molecule is CC=Cc1ccc(OCC(=O)NCc2nncn2C)c(OC)c1. The summed E-state index contributed by atoms with van der Waals surface area (Å²) in [5.41, 5.74) is 1.00. The maximum atomic E-state index is 11.8. The Kier molecular flexibility index (Phi) is 5.74. The average molecular weight is 316 g/mol. The van der Waals surface area contributed by atoms with Gasteiger partial charge in [-0.2, -0.15) is 0 Å². The number of hydrogen-bond donors (Lipinski definition) is 1. The highest BCUT2D eigenvalue weighted by atomic mass is 16.5. The van der Waals surface area contributed by atoms with E-state index in [0.29, 0.717) is 23.9 Å². The number of carbonyl (C=O) groups excluding carboxylic acids is 1. The van der Waals surface area contributed by atoms with E-state index in [2.05, 4.69) is 15.5 Å². The van der Waals surface area contributed by atoms with Crippen molar-refractivity contribution in [3.05, 3.63) is 42.0 Å². The van der Waals surface area contributed by atoms with Crippen LogP contribution in [0.15, 0.2) is 30.6 Å². The molecule has 1 aromatic heterocycles. The van der Waals surface area contributed by atoms with E-state index in [4.69, 9.17) is 9.47 Å². The lowest BCUT2D eigenvalue weighted by atomic mass is 10.2. The number of nitrogens with one attached hydrogen (secondary N) is 1. The lowest BCUT2D eigenvalue weighted by Crippen LogP contribution is -2.29. The zero-order chi connectivity index (χ0) is 16.7. The van der Waals surface area contributed by atoms with Crippen LogP contribution < -0.4 is 14.8 Å². The van der Waals surface area contributed by atoms with Crippen molar-refractivity contribution in [1.29, 1.82) is 0 Å². The van der Waals surface area contributed by atoms with Gasteiger partial charge in [-0.05, 0) is 24.6 Å². The second kappa shape index (κ2) is 7.98. The minimum absolute atomic E-state index is 0.100. The zero-order valence-corrected chi connectivity index (χ0v) is 13.4. The Balaban J connectivity index is 1.89. The molecule has 0 aliphatic rings. The number of methoxy groups -OCH3 is 1. The molecule has 0 atom stereocenters. The van der Waals surface area contributed by atoms with Gasteiger partial charge < -0.3 is 19.4 Å². The summed E-state index contributed by atoms with van der Waals surface area (Å²) in [6.45, 7) is 2.14. The third-order valence-corrected chi connectivity index (χ3v) is 3.15. The molecule has 1 aromatic carbocycles. The molecule has 0 aliphatic carbocycles. The lowest BCUT2D eigenvalue weighted by molar-refractivity contribution is -0.123. The van der Waals surface area contributed by atoms with Crippen molar-refractivity contribution in [2.45, 2.75) is 13.5 Å². The molecule has 0 bridgehead atoms. The molecule has 0 saturated carbocycles. The van der Waals surface area contributed by atoms with Crippen LogP contribution in [0.1, 0.15) is 18.3 Å². The number of aromatic nitrogens is 3. The van der Waals surface area contributed by atoms with E-state index in [0.717, 1.165) is 5.56 Å². The Hall–Kier alpha value is -2.83. The maximum Gasteiger partial charge on any atom is 0.258 e. The summed E-state index contributed by atoms with van der Waals surface area (Å²) in [6.07, 6.45) is 5.48. The van der Waals surface area contributed by atoms with Gasteiger partial charge >= 0.3 is 0 Å². The van der Waals surface area contributed by atoms with E-state index in [1.807, 2.05) is 38.3 Å². The van der Waals surface area contributed by atoms with Crippen LogP contribution in [0.5, 0.6) is 11.5 Å². The first-order valence-electron chi connectivity index (χ1n) is 7.17. The molecule has 1 N–H and O–H groups in total. The van der Waals surface area contributed by atoms with Gasteiger partial charge in [0.15, 0.2) is 23.9 Å². The Bertz CT molecular complexity index is 694. The van der Waals surface area contributed by atoms with E-state index in [1.165, 1.54) is 0 Å². The van der Waals surface area contributed by atoms with Crippen molar-refractivity contribution < 1.29 is 14.3 Å². The fourth-order valence-electron chi connectivity index (χ4n) is 1.94. The highest BCUT2D eigenvalue weighted by Crippen LogP contribution is 2.28. The van der Waals surface area contributed by atoms with Gasteiger partial charge in [0.05, 0.1) is 13.7 Å². The van der Waals surface area contributed by atoms with Crippen LogP contribution in [0, 0.1) is 0 Å². The predicted octanol–water partition coefficient (Wildman–Crippen LogP) is 1.55. The van der Waals surface area contributed by atoms with Gasteiger partial charge in [-0.1, -0.05) is 18.2 Å². The van der Waals surface area contributed by atoms with Crippen LogP contribution in [-0.4, -0.2) is 34.4 Å². The first kappa shape index (κ1) is 16.5. The van der Waals surface area contributed by atoms with Crippen molar-refractivity contribution in [2.75, 3.05) is 13.7 Å². The van der Waals surface area contributed by atoms with Crippen LogP contribution in [0.3, 0.4) is 0 Å². The Morgan fingerprint density at radius 3 is 2.87 bits per heavy atom. The standard InChI is InChI=1S/C16H20N4O3/c1-4-5-12-6-7-13(14(8-12)22-3)23-10-16(21)17-9-15-19-18-11-20(15)2/h4-8,11H,9-10H2,1-3H3,(H,17,21). The Morgan fingerprint density at radius 2 is 2.22 bits per heavy atom. The van der Waals surface area contributed by atoms with Gasteiger partial charge in [0.2, 0.25) is 0 Å². The summed E-state index contributed by atoms with van der Waals surface area (Å²) in [5.74, 6) is 1.54. The van der Waals surface area contributed by atoms with Gasteiger partial charge in [-0.15, -0.1) is 10.2 Å². The van der Waals surface area contributed by atoms with Gasteiger partial charge in [0.1, 0.15) is 6.33 Å². The van der Waals surface area contributed by atoms with Crippen molar-refractivity contribution in [3.63, 3.8) is 0 Å². The van der Waals surface area contributed by atoms with E-state index in [9.17, 15) is 4.79 Å². The van der Waals surface area contributed by atoms with Gasteiger partial charge in [-0.3, -0.25) is 4.79 Å². The van der Waals surface area contributed by atoms with Crippen molar-refractivity contribution >= 4 is 12.0 Å². The van der Waals surface area contributed by atoms with E-state index in [-0.39, 0.29) is 12.5 Å². The number of hydrogen-bond acceptors (Lipinski definition) is 5. The number of benzene rings is 1. The van der Waals surface area contributed by atoms with Gasteiger partial charge in [0, 0.05) is 7.05 Å². The second-order valence-electron chi connectivity index (χ2n) is 4.83. The fraction of sp³-hybridized carbons (Fsp3) is 0.312. The number of rotatable bonds is 7. The lowest BCUT2D eigenvalue weighted by Gasteiger charge is -2.11. The number of ether oxygens (including phenoxy) is 2. The average Bonchev–Trinajstić information content (AvgIpc) is 2.97. The molecule has 2 aromatic rings. The van der Waals surface area contributed by atoms with E-state index < -0.39 is 0 Å². The molecule has 0 saturated heterocycles. The number of allylic oxidation sites excluding steroid dienone is 1.